The average molecular weight is 1200 g/mol. The molecule has 5 aromatic rings. The minimum Gasteiger partial charge on any atom is -0.466 e. The minimum atomic E-state index is -1.32. The molecule has 5 heterocycles. The highest BCUT2D eigenvalue weighted by atomic mass is 19.2. The van der Waals surface area contributed by atoms with E-state index in [4.69, 9.17) is 14.1 Å². The lowest BCUT2D eigenvalue weighted by Crippen LogP contribution is -2.54. The molecule has 4 aliphatic heterocycles. The second kappa shape index (κ2) is 27.3. The molecule has 2 spiro atoms. The van der Waals surface area contributed by atoms with Gasteiger partial charge in [-0.1, -0.05) is 75.5 Å². The molecule has 2 atom stereocenters. The number of ether oxygens (including phenoxy) is 2. The predicted octanol–water partition coefficient (Wildman–Crippen LogP) is 8.78. The zero-order valence-electron chi connectivity index (χ0n) is 47.9. The van der Waals surface area contributed by atoms with Gasteiger partial charge >= 0.3 is 36.1 Å². The van der Waals surface area contributed by atoms with Crippen LogP contribution >= 0.6 is 0 Å². The van der Waals surface area contributed by atoms with E-state index in [1.807, 2.05) is 24.3 Å². The van der Waals surface area contributed by atoms with Crippen molar-refractivity contribution in [3.63, 3.8) is 0 Å². The van der Waals surface area contributed by atoms with E-state index in [0.29, 0.717) is 72.6 Å². The molecular weight excluding hydrogens is 1120 g/mol. The van der Waals surface area contributed by atoms with Gasteiger partial charge in [-0.3, -0.25) is 9.59 Å². The first kappa shape index (κ1) is 64.3. The number of hydrogen-bond donors (Lipinski definition) is 4. The van der Waals surface area contributed by atoms with Crippen molar-refractivity contribution in [2.24, 2.45) is 0 Å². The molecule has 4 aromatic carbocycles. The fraction of sp³-hybridized carbons (Fsp3) is 0.438. The van der Waals surface area contributed by atoms with Gasteiger partial charge in [0.1, 0.15) is 34.7 Å². The molecule has 462 valence electrons. The standard InChI is InChI=1S/C31H34F2N4O5.C31H34N6O6.2CH4/c1-19-26(28(39)42-2)27(21-8-10-23(32)24(33)18-21)37(30(41)35-19)29(40)34-14-5-15-36-16-12-31(13-17-36)22-7-4-3-6-20(22)9-11-25(31)38;1-19-26(28(39)42-2)27(21-8-10-23-24(18-21)35-43-34-23)37(30(41)33-19)29(40)32-14-5-15-36-16-12-31(13-17-36)22-7-4-3-6-20(22)9-11-25(31)38;;/h3-4,6-8,10,18,27H,5,9,11-17H2,1-2H3,(H,34,40)(H,35,41);3-4,6-8,10,18,27H,5,9,11-17H2,1-2H3,(H,32,40)(H,33,41);2*1H4. The van der Waals surface area contributed by atoms with E-state index in [1.165, 1.54) is 42.4 Å². The third kappa shape index (κ3) is 12.8. The Labute approximate surface area is 504 Å². The number of likely N-dealkylation sites (tertiary alicyclic amines) is 2. The number of halogens is 2. The number of allylic oxidation sites excluding steroid dienone is 2. The number of nitrogens with zero attached hydrogens (tertiary/aromatic N) is 6. The number of imide groups is 2. The summed E-state index contributed by atoms with van der Waals surface area (Å²) >= 11 is 0. The van der Waals surface area contributed by atoms with Gasteiger partial charge in [-0.05, 0) is 172 Å². The van der Waals surface area contributed by atoms with E-state index in [0.717, 1.165) is 100 Å². The summed E-state index contributed by atoms with van der Waals surface area (Å²) in [4.78, 5) is 111. The molecule has 23 heteroatoms. The van der Waals surface area contributed by atoms with Gasteiger partial charge in [0.05, 0.1) is 36.2 Å². The van der Waals surface area contributed by atoms with E-state index < -0.39 is 65.2 Å². The second-order valence-corrected chi connectivity index (χ2v) is 22.3. The summed E-state index contributed by atoms with van der Waals surface area (Å²) in [7, 11) is 2.40. The molecule has 0 bridgehead atoms. The number of rotatable bonds is 12. The predicted molar refractivity (Wildman–Crippen MR) is 318 cm³/mol. The number of fused-ring (bicyclic) bond motifs is 5. The summed E-state index contributed by atoms with van der Waals surface area (Å²) in [5, 5.41) is 18.3. The van der Waals surface area contributed by atoms with Crippen LogP contribution in [0.25, 0.3) is 11.0 Å². The molecule has 6 aliphatic rings. The zero-order chi connectivity index (χ0) is 60.2. The molecule has 87 heavy (non-hydrogen) atoms. The van der Waals surface area contributed by atoms with Crippen LogP contribution in [0.3, 0.4) is 0 Å². The van der Waals surface area contributed by atoms with Gasteiger partial charge in [0.25, 0.3) is 0 Å². The number of carbonyl (C=O) groups is 8. The quantitative estimate of drug-likeness (QED) is 0.0673. The normalized spacial score (nSPS) is 19.8. The van der Waals surface area contributed by atoms with Crippen molar-refractivity contribution < 1.29 is 61.2 Å². The number of esters is 2. The summed E-state index contributed by atoms with van der Waals surface area (Å²) in [6.45, 7) is 8.14. The number of Topliss-reactive ketones (excluding diaryl/α,β-unsaturated/α-hetero) is 2. The molecule has 0 saturated carbocycles. The molecule has 0 radical (unpaired) electrons. The topological polar surface area (TPSA) is 255 Å². The molecule has 2 fully saturated rings. The number of aryl methyl sites for hydroxylation is 2. The average Bonchev–Trinajstić information content (AvgIpc) is 0.940. The second-order valence-electron chi connectivity index (χ2n) is 22.3. The van der Waals surface area contributed by atoms with Crippen LogP contribution in [0.4, 0.5) is 28.0 Å². The third-order valence-corrected chi connectivity index (χ3v) is 17.6. The highest BCUT2D eigenvalue weighted by Crippen LogP contribution is 2.45. The van der Waals surface area contributed by atoms with Crippen LogP contribution in [0.2, 0.25) is 0 Å². The van der Waals surface area contributed by atoms with Crippen LogP contribution in [0, 0.1) is 11.6 Å². The number of carbonyl (C=O) groups excluding carboxylic acids is 8. The van der Waals surface area contributed by atoms with E-state index in [2.05, 4.69) is 65.6 Å². The van der Waals surface area contributed by atoms with Crippen molar-refractivity contribution in [3.05, 3.63) is 152 Å². The number of amides is 8. The Morgan fingerprint density at radius 3 is 1.46 bits per heavy atom. The fourth-order valence-electron chi connectivity index (χ4n) is 13.2. The SMILES string of the molecule is C.C.COC(=O)C1=C(C)NC(=O)N(C(=O)NCCCN2CCC3(CC2)C(=O)CCc2ccccc23)C1c1ccc(F)c(F)c1.COC(=O)C1=C(C)NC(=O)N(C(=O)NCCCN2CCC3(CC2)C(=O)CCc2ccccc23)C1c1ccc2nonc2c1. The lowest BCUT2D eigenvalue weighted by atomic mass is 9.64. The van der Waals surface area contributed by atoms with Gasteiger partial charge in [-0.2, -0.15) is 0 Å². The Balaban J connectivity index is 0.000000221. The maximum absolute atomic E-state index is 14.2. The monoisotopic (exact) mass is 1200 g/mol. The number of nitrogens with one attached hydrogen (secondary N) is 4. The molecule has 4 N–H and O–H groups in total. The number of aromatic nitrogens is 2. The molecule has 2 unspecified atom stereocenters. The first-order valence-corrected chi connectivity index (χ1v) is 28.7. The zero-order valence-corrected chi connectivity index (χ0v) is 47.9. The number of benzene rings is 4. The smallest absolute Gasteiger partial charge is 0.337 e. The van der Waals surface area contributed by atoms with Crippen LogP contribution < -0.4 is 21.3 Å². The van der Waals surface area contributed by atoms with Gasteiger partial charge < -0.3 is 40.5 Å². The van der Waals surface area contributed by atoms with Gasteiger partial charge in [0, 0.05) is 37.3 Å². The van der Waals surface area contributed by atoms with Gasteiger partial charge in [-0.15, -0.1) is 0 Å². The van der Waals surface area contributed by atoms with Crippen molar-refractivity contribution in [1.29, 1.82) is 0 Å². The summed E-state index contributed by atoms with van der Waals surface area (Å²) in [6.07, 6.45) is 7.10. The van der Waals surface area contributed by atoms with Crippen molar-refractivity contribution in [3.8, 4) is 0 Å². The molecule has 8 amide bonds. The summed E-state index contributed by atoms with van der Waals surface area (Å²) < 4.78 is 42.5. The number of hydrogen-bond acceptors (Lipinski definition) is 15. The van der Waals surface area contributed by atoms with Crippen LogP contribution in [-0.4, -0.2) is 144 Å². The summed E-state index contributed by atoms with van der Waals surface area (Å²) in [6, 6.07) is 19.2. The molecule has 1 aromatic heterocycles. The van der Waals surface area contributed by atoms with Gasteiger partial charge in [-0.25, -0.2) is 52.0 Å². The number of piperidine rings is 2. The minimum absolute atomic E-state index is 0. The Hall–Kier alpha value is -8.70. The van der Waals surface area contributed by atoms with Gasteiger partial charge in [0.2, 0.25) is 0 Å². The molecule has 11 rings (SSSR count). The maximum atomic E-state index is 14.2. The van der Waals surface area contributed by atoms with Crippen molar-refractivity contribution >= 4 is 58.7 Å². The first-order valence-electron chi connectivity index (χ1n) is 28.7. The highest BCUT2D eigenvalue weighted by Gasteiger charge is 2.48. The van der Waals surface area contributed by atoms with E-state index in [-0.39, 0.29) is 49.2 Å². The van der Waals surface area contributed by atoms with E-state index >= 15 is 0 Å². The Morgan fingerprint density at radius 2 is 1.01 bits per heavy atom. The molecule has 2 saturated heterocycles. The Bertz CT molecular complexity index is 3530. The van der Waals surface area contributed by atoms with Crippen molar-refractivity contribution in [2.45, 2.75) is 116 Å². The van der Waals surface area contributed by atoms with E-state index in [9.17, 15) is 47.1 Å². The maximum Gasteiger partial charge on any atom is 0.337 e. The lowest BCUT2D eigenvalue weighted by Gasteiger charge is -2.44. The summed E-state index contributed by atoms with van der Waals surface area (Å²) in [5.41, 5.74) is 6.06. The molecular formula is C64H76F2N10O11. The first-order chi connectivity index (χ1) is 41.0. The molecule has 2 aliphatic carbocycles. The van der Waals surface area contributed by atoms with Crippen LogP contribution in [0.1, 0.15) is 126 Å². The number of urea groups is 4. The number of methoxy groups -OCH3 is 2. The summed E-state index contributed by atoms with van der Waals surface area (Å²) in [5.74, 6) is -3.10. The Kier molecular flexibility index (Phi) is 20.2. The van der Waals surface area contributed by atoms with Crippen molar-refractivity contribution in [2.75, 3.05) is 66.6 Å². The fourth-order valence-corrected chi connectivity index (χ4v) is 13.2. The highest BCUT2D eigenvalue weighted by molar-refractivity contribution is 6.03. The number of ketones is 2. The third-order valence-electron chi connectivity index (χ3n) is 17.6. The molecule has 21 nitrogen and oxygen atoms in total. The van der Waals surface area contributed by atoms with Crippen LogP contribution in [0.15, 0.2) is 112 Å². The largest absolute Gasteiger partial charge is 0.466 e. The van der Waals surface area contributed by atoms with Crippen molar-refractivity contribution in [1.82, 2.24) is 51.2 Å². The van der Waals surface area contributed by atoms with Gasteiger partial charge in [0.15, 0.2) is 11.6 Å². The Morgan fingerprint density at radius 1 is 0.586 bits per heavy atom. The van der Waals surface area contributed by atoms with Crippen LogP contribution in [0.5, 0.6) is 0 Å². The lowest BCUT2D eigenvalue weighted by molar-refractivity contribution is -0.137. The van der Waals surface area contributed by atoms with Crippen LogP contribution in [-0.2, 0) is 52.3 Å². The van der Waals surface area contributed by atoms with E-state index in [1.54, 1.807) is 25.1 Å².